The Morgan fingerprint density at radius 3 is 2.81 bits per heavy atom. The highest BCUT2D eigenvalue weighted by atomic mass is 32.2. The predicted octanol–water partition coefficient (Wildman–Crippen LogP) is 1.23. The van der Waals surface area contributed by atoms with Crippen molar-refractivity contribution in [1.82, 2.24) is 4.72 Å². The van der Waals surface area contributed by atoms with E-state index in [9.17, 15) is 17.6 Å². The summed E-state index contributed by atoms with van der Waals surface area (Å²) in [6, 6.07) is 2.71. The number of nitrogens with one attached hydrogen (secondary N) is 1. The molecule has 1 aliphatic rings. The van der Waals surface area contributed by atoms with Crippen molar-refractivity contribution >= 4 is 16.0 Å². The Hall–Kier alpha value is -1.51. The van der Waals surface area contributed by atoms with Gasteiger partial charge in [0, 0.05) is 19.8 Å². The second kappa shape index (κ2) is 6.50. The van der Waals surface area contributed by atoms with E-state index in [1.165, 1.54) is 0 Å². The van der Waals surface area contributed by atoms with Crippen molar-refractivity contribution < 1.29 is 27.4 Å². The fraction of sp³-hybridized carbons (Fsp3) is 0.462. The fourth-order valence-corrected chi connectivity index (χ4v) is 3.24. The summed E-state index contributed by atoms with van der Waals surface area (Å²) in [4.78, 5) is 10.1. The summed E-state index contributed by atoms with van der Waals surface area (Å²) in [6.07, 6.45) is 1.51. The minimum atomic E-state index is -3.98. The van der Waals surface area contributed by atoms with E-state index in [-0.39, 0.29) is 12.1 Å². The zero-order valence-corrected chi connectivity index (χ0v) is 12.0. The number of benzene rings is 1. The Morgan fingerprint density at radius 2 is 2.24 bits per heavy atom. The van der Waals surface area contributed by atoms with Gasteiger partial charge in [-0.2, -0.15) is 0 Å². The largest absolute Gasteiger partial charge is 0.478 e. The van der Waals surface area contributed by atoms with Crippen LogP contribution in [-0.4, -0.2) is 39.3 Å². The molecule has 0 saturated carbocycles. The molecule has 2 rings (SSSR count). The summed E-state index contributed by atoms with van der Waals surface area (Å²) in [5.41, 5.74) is -0.297. The van der Waals surface area contributed by atoms with Gasteiger partial charge < -0.3 is 9.84 Å². The van der Waals surface area contributed by atoms with Crippen LogP contribution in [0.5, 0.6) is 0 Å². The highest BCUT2D eigenvalue weighted by Crippen LogP contribution is 2.18. The highest BCUT2D eigenvalue weighted by Gasteiger charge is 2.21. The van der Waals surface area contributed by atoms with Gasteiger partial charge in [0.05, 0.1) is 5.56 Å². The molecule has 1 unspecified atom stereocenters. The van der Waals surface area contributed by atoms with Crippen LogP contribution < -0.4 is 4.72 Å². The lowest BCUT2D eigenvalue weighted by atomic mass is 10.1. The van der Waals surface area contributed by atoms with E-state index in [1.807, 2.05) is 0 Å². The molecule has 1 atom stereocenters. The molecule has 0 bridgehead atoms. The number of carboxylic acids is 1. The molecule has 0 aliphatic carbocycles. The normalized spacial score (nSPS) is 18.8. The lowest BCUT2D eigenvalue weighted by Gasteiger charge is -2.10. The molecule has 2 N–H and O–H groups in total. The van der Waals surface area contributed by atoms with Crippen LogP contribution in [0.4, 0.5) is 4.39 Å². The van der Waals surface area contributed by atoms with Crippen molar-refractivity contribution in [3.05, 3.63) is 29.6 Å². The van der Waals surface area contributed by atoms with Gasteiger partial charge in [-0.3, -0.25) is 0 Å². The Balaban J connectivity index is 2.03. The molecule has 0 spiro atoms. The second-order valence-corrected chi connectivity index (χ2v) is 6.60. The van der Waals surface area contributed by atoms with E-state index in [0.717, 1.165) is 18.6 Å². The van der Waals surface area contributed by atoms with Gasteiger partial charge in [-0.05, 0) is 37.0 Å². The number of rotatable bonds is 6. The Labute approximate surface area is 122 Å². The number of aromatic carboxylic acids is 1. The van der Waals surface area contributed by atoms with Crippen LogP contribution >= 0.6 is 0 Å². The van der Waals surface area contributed by atoms with E-state index < -0.39 is 26.7 Å². The summed E-state index contributed by atoms with van der Waals surface area (Å²) >= 11 is 0. The first-order valence-electron chi connectivity index (χ1n) is 6.50. The molecule has 116 valence electrons. The zero-order valence-electron chi connectivity index (χ0n) is 11.2. The monoisotopic (exact) mass is 317 g/mol. The van der Waals surface area contributed by atoms with Crippen LogP contribution in [0.15, 0.2) is 23.1 Å². The molecule has 0 aromatic heterocycles. The number of carbonyl (C=O) groups is 1. The van der Waals surface area contributed by atoms with Crippen LogP contribution in [0.1, 0.15) is 23.2 Å². The molecule has 1 aromatic carbocycles. The van der Waals surface area contributed by atoms with E-state index in [0.29, 0.717) is 31.6 Å². The molecule has 0 amide bonds. The zero-order chi connectivity index (χ0) is 15.5. The molecule has 0 radical (unpaired) electrons. The first-order valence-corrected chi connectivity index (χ1v) is 7.99. The van der Waals surface area contributed by atoms with Crippen molar-refractivity contribution in [2.75, 3.05) is 19.8 Å². The van der Waals surface area contributed by atoms with Crippen molar-refractivity contribution in [3.63, 3.8) is 0 Å². The maximum atomic E-state index is 13.7. The van der Waals surface area contributed by atoms with Gasteiger partial charge in [-0.1, -0.05) is 0 Å². The van der Waals surface area contributed by atoms with E-state index in [2.05, 4.69) is 4.72 Å². The average molecular weight is 317 g/mol. The molecule has 1 fully saturated rings. The Bertz CT molecular complexity index is 625. The summed E-state index contributed by atoms with van der Waals surface area (Å²) < 4.78 is 45.2. The van der Waals surface area contributed by atoms with E-state index in [4.69, 9.17) is 9.84 Å². The minimum absolute atomic E-state index is 0.191. The third-order valence-electron chi connectivity index (χ3n) is 3.34. The Morgan fingerprint density at radius 1 is 1.48 bits per heavy atom. The van der Waals surface area contributed by atoms with E-state index >= 15 is 0 Å². The number of halogens is 1. The predicted molar refractivity (Wildman–Crippen MR) is 72.1 cm³/mol. The molecule has 1 aliphatic heterocycles. The summed E-state index contributed by atoms with van der Waals surface area (Å²) in [6.45, 7) is 1.49. The molecule has 6 nitrogen and oxygen atoms in total. The van der Waals surface area contributed by atoms with Crippen molar-refractivity contribution in [3.8, 4) is 0 Å². The molecule has 1 saturated heterocycles. The molecular formula is C13H16FNO5S. The van der Waals surface area contributed by atoms with Gasteiger partial charge in [0.25, 0.3) is 0 Å². The minimum Gasteiger partial charge on any atom is -0.478 e. The summed E-state index contributed by atoms with van der Waals surface area (Å²) in [5, 5.41) is 8.72. The van der Waals surface area contributed by atoms with Gasteiger partial charge >= 0.3 is 5.97 Å². The van der Waals surface area contributed by atoms with Gasteiger partial charge in [-0.15, -0.1) is 0 Å². The first-order chi connectivity index (χ1) is 9.90. The molecule has 1 aromatic rings. The third kappa shape index (κ3) is 3.99. The van der Waals surface area contributed by atoms with Crippen molar-refractivity contribution in [1.29, 1.82) is 0 Å². The number of ether oxygens (including phenoxy) is 1. The van der Waals surface area contributed by atoms with Crippen molar-refractivity contribution in [2.24, 2.45) is 5.92 Å². The molecule has 1 heterocycles. The standard InChI is InChI=1S/C13H16FNO5S/c14-11-7-10(13(16)17)1-2-12(11)21(18,19)15-5-3-9-4-6-20-8-9/h1-2,7,9,15H,3-6,8H2,(H,16,17). The van der Waals surface area contributed by atoms with Crippen molar-refractivity contribution in [2.45, 2.75) is 17.7 Å². The highest BCUT2D eigenvalue weighted by molar-refractivity contribution is 7.89. The van der Waals surface area contributed by atoms with Crippen LogP contribution in [0, 0.1) is 11.7 Å². The maximum Gasteiger partial charge on any atom is 0.335 e. The molecular weight excluding hydrogens is 301 g/mol. The fourth-order valence-electron chi connectivity index (χ4n) is 2.14. The average Bonchev–Trinajstić information content (AvgIpc) is 2.91. The van der Waals surface area contributed by atoms with Gasteiger partial charge in [0.1, 0.15) is 10.7 Å². The quantitative estimate of drug-likeness (QED) is 0.823. The summed E-state index contributed by atoms with van der Waals surface area (Å²) in [5.74, 6) is -2.08. The number of hydrogen-bond donors (Lipinski definition) is 2. The second-order valence-electron chi connectivity index (χ2n) is 4.87. The number of hydrogen-bond acceptors (Lipinski definition) is 4. The van der Waals surface area contributed by atoms with Gasteiger partial charge in [0.2, 0.25) is 10.0 Å². The SMILES string of the molecule is O=C(O)c1ccc(S(=O)(=O)NCCC2CCOC2)c(F)c1. The smallest absolute Gasteiger partial charge is 0.335 e. The van der Waals surface area contributed by atoms with Gasteiger partial charge in [-0.25, -0.2) is 22.3 Å². The van der Waals surface area contributed by atoms with Crippen LogP contribution in [0.25, 0.3) is 0 Å². The molecule has 8 heteroatoms. The van der Waals surface area contributed by atoms with Gasteiger partial charge in [0.15, 0.2) is 0 Å². The lowest BCUT2D eigenvalue weighted by Crippen LogP contribution is -2.27. The number of carboxylic acid groups (broad SMARTS) is 1. The Kier molecular flexibility index (Phi) is 4.92. The topological polar surface area (TPSA) is 92.7 Å². The third-order valence-corrected chi connectivity index (χ3v) is 4.83. The van der Waals surface area contributed by atoms with E-state index in [1.54, 1.807) is 0 Å². The first kappa shape index (κ1) is 15.9. The van der Waals surface area contributed by atoms with Crippen LogP contribution in [0.3, 0.4) is 0 Å². The summed E-state index contributed by atoms with van der Waals surface area (Å²) in [7, 11) is -3.98. The van der Waals surface area contributed by atoms with Crippen LogP contribution in [-0.2, 0) is 14.8 Å². The molecule has 21 heavy (non-hydrogen) atoms. The maximum absolute atomic E-state index is 13.7. The number of sulfonamides is 1. The lowest BCUT2D eigenvalue weighted by molar-refractivity contribution is 0.0696. The van der Waals surface area contributed by atoms with Crippen LogP contribution in [0.2, 0.25) is 0 Å².